The van der Waals surface area contributed by atoms with E-state index in [2.05, 4.69) is 72.3 Å². The number of anilines is 1. The van der Waals surface area contributed by atoms with Gasteiger partial charge < -0.3 is 19.7 Å². The molecule has 1 aliphatic rings. The first kappa shape index (κ1) is 23.2. The van der Waals surface area contributed by atoms with Gasteiger partial charge in [0.1, 0.15) is 11.6 Å². The van der Waals surface area contributed by atoms with Gasteiger partial charge in [-0.1, -0.05) is 6.07 Å². The van der Waals surface area contributed by atoms with Crippen LogP contribution >= 0.6 is 31.9 Å². The van der Waals surface area contributed by atoms with E-state index in [4.69, 9.17) is 9.47 Å². The third kappa shape index (κ3) is 6.51. The molecule has 1 aromatic heterocycles. The van der Waals surface area contributed by atoms with Crippen LogP contribution in [0.1, 0.15) is 30.9 Å². The zero-order valence-electron chi connectivity index (χ0n) is 17.6. The molecule has 0 unspecified atom stereocenters. The predicted octanol–water partition coefficient (Wildman–Crippen LogP) is 5.42. The van der Waals surface area contributed by atoms with E-state index in [0.29, 0.717) is 18.4 Å². The highest BCUT2D eigenvalue weighted by Gasteiger charge is 2.18. The number of hydrogen-bond donors (Lipinski definition) is 1. The van der Waals surface area contributed by atoms with Gasteiger partial charge in [-0.2, -0.15) is 0 Å². The molecule has 1 aromatic carbocycles. The van der Waals surface area contributed by atoms with Crippen LogP contribution in [0.2, 0.25) is 0 Å². The molecule has 1 fully saturated rings. The maximum Gasteiger partial charge on any atom is 0.189 e. The monoisotopic (exact) mass is 538 g/mol. The number of ether oxygens (including phenoxy) is 2. The first-order chi connectivity index (χ1) is 14.5. The van der Waals surface area contributed by atoms with Gasteiger partial charge in [-0.05, 0) is 108 Å². The van der Waals surface area contributed by atoms with E-state index in [9.17, 15) is 0 Å². The van der Waals surface area contributed by atoms with Crippen molar-refractivity contribution in [3.63, 3.8) is 0 Å². The van der Waals surface area contributed by atoms with Gasteiger partial charge in [0, 0.05) is 24.8 Å². The zero-order valence-corrected chi connectivity index (χ0v) is 20.8. The Hall–Kier alpha value is -1.48. The molecule has 0 aliphatic carbocycles. The molecule has 0 spiro atoms. The van der Waals surface area contributed by atoms with Crippen molar-refractivity contribution in [2.75, 3.05) is 38.9 Å². The Morgan fingerprint density at radius 3 is 2.83 bits per heavy atom. The lowest BCUT2D eigenvalue weighted by Gasteiger charge is -2.30. The van der Waals surface area contributed by atoms with Crippen LogP contribution in [-0.2, 0) is 4.74 Å². The second-order valence-corrected chi connectivity index (χ2v) is 10.2. The highest BCUT2D eigenvalue weighted by atomic mass is 79.9. The Labute approximate surface area is 195 Å². The van der Waals surface area contributed by atoms with Crippen LogP contribution in [0.3, 0.4) is 0 Å². The maximum atomic E-state index is 5.90. The van der Waals surface area contributed by atoms with Crippen molar-refractivity contribution >= 4 is 43.8 Å². The summed E-state index contributed by atoms with van der Waals surface area (Å²) in [7, 11) is 2.16. The van der Waals surface area contributed by atoms with E-state index in [1.807, 2.05) is 31.2 Å². The van der Waals surface area contributed by atoms with E-state index >= 15 is 0 Å². The summed E-state index contributed by atoms with van der Waals surface area (Å²) in [6.45, 7) is 6.96. The summed E-state index contributed by atoms with van der Waals surface area (Å²) in [6, 6.07) is 8.48. The smallest absolute Gasteiger partial charge is 0.189 e. The first-order valence-corrected chi connectivity index (χ1v) is 11.7. The van der Waals surface area contributed by atoms with Gasteiger partial charge in [-0.15, -0.1) is 10.2 Å². The van der Waals surface area contributed by atoms with Gasteiger partial charge in [0.2, 0.25) is 0 Å². The maximum absolute atomic E-state index is 5.90. The highest BCUT2D eigenvalue weighted by molar-refractivity contribution is 9.28. The summed E-state index contributed by atoms with van der Waals surface area (Å²) in [5.74, 6) is 1.53. The van der Waals surface area contributed by atoms with Crippen LogP contribution < -0.4 is 10.1 Å². The van der Waals surface area contributed by atoms with Crippen LogP contribution in [0.25, 0.3) is 17.3 Å². The third-order valence-electron chi connectivity index (χ3n) is 5.00. The van der Waals surface area contributed by atoms with Crippen LogP contribution in [0.5, 0.6) is 5.75 Å². The summed E-state index contributed by atoms with van der Waals surface area (Å²) < 4.78 is 12.1. The highest BCUT2D eigenvalue weighted by Crippen LogP contribution is 2.33. The van der Waals surface area contributed by atoms with Gasteiger partial charge in [-0.25, -0.2) is 0 Å². The fourth-order valence-electron chi connectivity index (χ4n) is 3.57. The summed E-state index contributed by atoms with van der Waals surface area (Å²) in [6.07, 6.45) is 4.31. The predicted molar refractivity (Wildman–Crippen MR) is 129 cm³/mol. The molecule has 0 amide bonds. The Morgan fingerprint density at radius 1 is 1.30 bits per heavy atom. The number of halogens is 2. The van der Waals surface area contributed by atoms with Gasteiger partial charge in [0.05, 0.1) is 9.09 Å². The summed E-state index contributed by atoms with van der Waals surface area (Å²) in [5.41, 5.74) is 3.75. The average Bonchev–Trinajstić information content (AvgIpc) is 2.69. The molecular formula is C22H28Br2N4O2. The van der Waals surface area contributed by atoms with Crippen molar-refractivity contribution in [3.8, 4) is 17.0 Å². The van der Waals surface area contributed by atoms with E-state index in [1.165, 1.54) is 6.42 Å². The molecule has 0 saturated carbocycles. The van der Waals surface area contributed by atoms with Crippen molar-refractivity contribution in [1.82, 2.24) is 15.1 Å². The van der Waals surface area contributed by atoms with Gasteiger partial charge in [0.25, 0.3) is 0 Å². The zero-order chi connectivity index (χ0) is 21.5. The third-order valence-corrected chi connectivity index (χ3v) is 5.46. The number of aromatic nitrogens is 2. The second kappa shape index (κ2) is 11.2. The van der Waals surface area contributed by atoms with E-state index in [1.54, 1.807) is 0 Å². The average molecular weight is 540 g/mol. The second-order valence-electron chi connectivity index (χ2n) is 7.45. The lowest BCUT2D eigenvalue weighted by atomic mass is 10.0. The number of aryl methyl sites for hydroxylation is 1. The van der Waals surface area contributed by atoms with Crippen LogP contribution in [-0.4, -0.2) is 54.7 Å². The molecular weight excluding hydrogens is 512 g/mol. The van der Waals surface area contributed by atoms with Crippen molar-refractivity contribution < 1.29 is 9.47 Å². The van der Waals surface area contributed by atoms with Gasteiger partial charge in [0.15, 0.2) is 6.79 Å². The topological polar surface area (TPSA) is 59.5 Å². The molecule has 1 N–H and O–H groups in total. The molecule has 6 nitrogen and oxygen atoms in total. The van der Waals surface area contributed by atoms with E-state index < -0.39 is 0 Å². The minimum absolute atomic E-state index is 0.188. The lowest BCUT2D eigenvalue weighted by molar-refractivity contribution is 0.0227. The Balaban J connectivity index is 1.85. The quantitative estimate of drug-likeness (QED) is 0.357. The fourth-order valence-corrected chi connectivity index (χ4v) is 4.10. The molecule has 1 saturated heterocycles. The molecule has 0 bridgehead atoms. The Bertz CT molecular complexity index is 887. The largest absolute Gasteiger partial charge is 0.467 e. The first-order valence-electron chi connectivity index (χ1n) is 10.1. The number of piperidine rings is 1. The molecule has 8 heteroatoms. The van der Waals surface area contributed by atoms with Gasteiger partial charge in [-0.3, -0.25) is 0 Å². The Kier molecular flexibility index (Phi) is 8.68. The van der Waals surface area contributed by atoms with Crippen molar-refractivity contribution in [2.24, 2.45) is 0 Å². The number of likely N-dealkylation sites (N-methyl/N-ethyl adjacent to an activating group) is 1. The molecule has 3 rings (SSSR count). The molecule has 2 heterocycles. The van der Waals surface area contributed by atoms with Crippen molar-refractivity contribution in [1.29, 1.82) is 0 Å². The number of nitrogens with zero attached hydrogens (tertiary/aromatic N) is 3. The molecule has 1 atom stereocenters. The van der Waals surface area contributed by atoms with E-state index in [-0.39, 0.29) is 6.79 Å². The molecule has 2 aromatic rings. The Morgan fingerprint density at radius 2 is 2.13 bits per heavy atom. The SMILES string of the molecule is CCOCOc1cc(C=C(Br)Br)ccc1-c1nnc(N[C@@H]2CCCN(C)C2)cc1C. The summed E-state index contributed by atoms with van der Waals surface area (Å²) in [4.78, 5) is 2.35. The van der Waals surface area contributed by atoms with Crippen LogP contribution in [0, 0.1) is 6.92 Å². The standard InChI is InChI=1S/C22H28Br2N4O2/c1-4-29-14-30-19-11-16(12-20(23)24)7-8-18(19)22-15(2)10-21(26-27-22)25-17-6-5-9-28(3)13-17/h7-8,10-12,17H,4-6,9,13-14H2,1-3H3,(H,25,26)/t17-/m1/s1. The minimum atomic E-state index is 0.188. The van der Waals surface area contributed by atoms with Crippen LogP contribution in [0.15, 0.2) is 27.7 Å². The van der Waals surface area contributed by atoms with Crippen molar-refractivity contribution in [3.05, 3.63) is 38.8 Å². The fraction of sp³-hybridized carbons (Fsp3) is 0.455. The summed E-state index contributed by atoms with van der Waals surface area (Å²) in [5, 5.41) is 12.5. The normalized spacial score (nSPS) is 16.9. The van der Waals surface area contributed by atoms with Crippen LogP contribution in [0.4, 0.5) is 5.82 Å². The number of nitrogens with one attached hydrogen (secondary N) is 1. The minimum Gasteiger partial charge on any atom is -0.467 e. The molecule has 162 valence electrons. The van der Waals surface area contributed by atoms with E-state index in [0.717, 1.165) is 51.1 Å². The lowest BCUT2D eigenvalue weighted by Crippen LogP contribution is -2.39. The molecule has 30 heavy (non-hydrogen) atoms. The number of benzene rings is 1. The number of hydrogen-bond acceptors (Lipinski definition) is 6. The molecule has 1 aliphatic heterocycles. The number of likely N-dealkylation sites (tertiary alicyclic amines) is 1. The van der Waals surface area contributed by atoms with Gasteiger partial charge >= 0.3 is 0 Å². The van der Waals surface area contributed by atoms with Crippen molar-refractivity contribution in [2.45, 2.75) is 32.7 Å². The number of rotatable bonds is 8. The molecule has 0 radical (unpaired) electrons. The summed E-state index contributed by atoms with van der Waals surface area (Å²) >= 11 is 6.81.